The Kier molecular flexibility index (Phi) is 2.73. The molecule has 6 heteroatoms. The second-order valence-electron chi connectivity index (χ2n) is 2.42. The molecule has 1 aromatic rings. The van der Waals surface area contributed by atoms with Gasteiger partial charge in [-0.1, -0.05) is 0 Å². The molecule has 1 unspecified atom stereocenters. The molecular weight excluding hydrogens is 160 g/mol. The summed E-state index contributed by atoms with van der Waals surface area (Å²) in [5.74, 6) is -0.266. The summed E-state index contributed by atoms with van der Waals surface area (Å²) in [4.78, 5) is 10.8. The predicted molar refractivity (Wildman–Crippen MR) is 39.2 cm³/mol. The van der Waals surface area contributed by atoms with Crippen molar-refractivity contribution in [3.8, 4) is 0 Å². The van der Waals surface area contributed by atoms with Crippen molar-refractivity contribution in [3.05, 3.63) is 6.33 Å². The zero-order valence-corrected chi connectivity index (χ0v) is 6.97. The second kappa shape index (κ2) is 3.80. The van der Waals surface area contributed by atoms with Gasteiger partial charge in [0, 0.05) is 0 Å². The van der Waals surface area contributed by atoms with Crippen molar-refractivity contribution in [2.45, 2.75) is 19.4 Å². The number of carbonyl (C=O) groups is 1. The average molecular weight is 170 g/mol. The number of rotatable bonds is 3. The van der Waals surface area contributed by atoms with Crippen LogP contribution in [-0.4, -0.2) is 33.3 Å². The lowest BCUT2D eigenvalue weighted by molar-refractivity contribution is -0.141. The summed E-state index contributed by atoms with van der Waals surface area (Å²) in [5.41, 5.74) is 0. The monoisotopic (exact) mass is 170 g/mol. The van der Waals surface area contributed by atoms with E-state index in [2.05, 4.69) is 20.3 Å². The summed E-state index contributed by atoms with van der Waals surface area (Å²) in [5, 5.41) is 10.6. The first kappa shape index (κ1) is 8.63. The molecule has 0 aliphatic heterocycles. The minimum absolute atomic E-state index is 0.0625. The van der Waals surface area contributed by atoms with Crippen molar-refractivity contribution in [1.29, 1.82) is 0 Å². The number of ether oxygens (including phenoxy) is 1. The molecule has 1 atom stereocenters. The van der Waals surface area contributed by atoms with Crippen LogP contribution in [0.3, 0.4) is 0 Å². The van der Waals surface area contributed by atoms with Gasteiger partial charge < -0.3 is 4.74 Å². The first-order chi connectivity index (χ1) is 5.74. The lowest BCUT2D eigenvalue weighted by atomic mass is 10.2. The maximum atomic E-state index is 10.8. The van der Waals surface area contributed by atoms with E-state index in [0.717, 1.165) is 0 Å². The number of tetrazole rings is 1. The molecule has 6 nitrogen and oxygen atoms in total. The number of hydrogen-bond acceptors (Lipinski definition) is 5. The fraction of sp³-hybridized carbons (Fsp3) is 0.667. The van der Waals surface area contributed by atoms with E-state index in [4.69, 9.17) is 0 Å². The fourth-order valence-electron chi connectivity index (χ4n) is 0.788. The van der Waals surface area contributed by atoms with Gasteiger partial charge in [-0.3, -0.25) is 4.79 Å². The van der Waals surface area contributed by atoms with Crippen molar-refractivity contribution in [3.63, 3.8) is 0 Å². The smallest absolute Gasteiger partial charge is 0.307 e. The minimum atomic E-state index is -0.266. The zero-order chi connectivity index (χ0) is 8.97. The summed E-state index contributed by atoms with van der Waals surface area (Å²) < 4.78 is 6.01. The predicted octanol–water partition coefficient (Wildman–Crippen LogP) is -0.203. The number of nitrogens with zero attached hydrogens (tertiary/aromatic N) is 4. The Morgan fingerprint density at radius 3 is 3.00 bits per heavy atom. The van der Waals surface area contributed by atoms with Crippen LogP contribution in [0, 0.1) is 0 Å². The second-order valence-corrected chi connectivity index (χ2v) is 2.42. The third kappa shape index (κ3) is 2.01. The zero-order valence-electron chi connectivity index (χ0n) is 6.97. The third-order valence-electron chi connectivity index (χ3n) is 1.51. The van der Waals surface area contributed by atoms with Crippen molar-refractivity contribution in [1.82, 2.24) is 20.2 Å². The van der Waals surface area contributed by atoms with Gasteiger partial charge in [-0.05, 0) is 17.4 Å². The Morgan fingerprint density at radius 1 is 1.75 bits per heavy atom. The van der Waals surface area contributed by atoms with Crippen molar-refractivity contribution >= 4 is 5.97 Å². The molecule has 0 bridgehead atoms. The molecule has 12 heavy (non-hydrogen) atoms. The SMILES string of the molecule is COC(=O)CC(C)n1cnnn1. The standard InChI is InChI=1S/C6H10N4O2/c1-5(3-6(11)12-2)10-4-7-8-9-10/h4-5H,3H2,1-2H3. The van der Waals surface area contributed by atoms with E-state index in [1.54, 1.807) is 0 Å². The number of aromatic nitrogens is 4. The van der Waals surface area contributed by atoms with E-state index in [1.165, 1.54) is 18.1 Å². The van der Waals surface area contributed by atoms with E-state index in [-0.39, 0.29) is 18.4 Å². The third-order valence-corrected chi connectivity index (χ3v) is 1.51. The van der Waals surface area contributed by atoms with Crippen LogP contribution in [0.1, 0.15) is 19.4 Å². The molecule has 1 rings (SSSR count). The summed E-state index contributed by atoms with van der Waals surface area (Å²) in [6.45, 7) is 1.84. The van der Waals surface area contributed by atoms with Crippen LogP contribution in [0.15, 0.2) is 6.33 Å². The Balaban J connectivity index is 2.49. The van der Waals surface area contributed by atoms with Crippen molar-refractivity contribution in [2.24, 2.45) is 0 Å². The van der Waals surface area contributed by atoms with Crippen LogP contribution in [0.2, 0.25) is 0 Å². The first-order valence-corrected chi connectivity index (χ1v) is 3.53. The Hall–Kier alpha value is -1.46. The summed E-state index contributed by atoms with van der Waals surface area (Å²) >= 11 is 0. The molecule has 0 fully saturated rings. The van der Waals surface area contributed by atoms with Crippen molar-refractivity contribution in [2.75, 3.05) is 7.11 Å². The van der Waals surface area contributed by atoms with Gasteiger partial charge in [0.05, 0.1) is 19.6 Å². The van der Waals surface area contributed by atoms with E-state index in [9.17, 15) is 4.79 Å². The number of carbonyl (C=O) groups excluding carboxylic acids is 1. The molecule has 0 radical (unpaired) electrons. The fourth-order valence-corrected chi connectivity index (χ4v) is 0.788. The molecule has 66 valence electrons. The molecule has 0 saturated heterocycles. The molecule has 0 aliphatic rings. The number of esters is 1. The minimum Gasteiger partial charge on any atom is -0.469 e. The molecule has 0 saturated carbocycles. The Bertz CT molecular complexity index is 246. The normalized spacial score (nSPS) is 12.5. The highest BCUT2D eigenvalue weighted by atomic mass is 16.5. The maximum Gasteiger partial charge on any atom is 0.307 e. The van der Waals surface area contributed by atoms with Gasteiger partial charge in [0.2, 0.25) is 0 Å². The van der Waals surface area contributed by atoms with Crippen LogP contribution >= 0.6 is 0 Å². The van der Waals surface area contributed by atoms with E-state index < -0.39 is 0 Å². The van der Waals surface area contributed by atoms with E-state index in [0.29, 0.717) is 0 Å². The van der Waals surface area contributed by atoms with Gasteiger partial charge >= 0.3 is 5.97 Å². The Morgan fingerprint density at radius 2 is 2.50 bits per heavy atom. The molecular formula is C6H10N4O2. The lowest BCUT2D eigenvalue weighted by Gasteiger charge is -2.07. The van der Waals surface area contributed by atoms with Crippen LogP contribution in [0.4, 0.5) is 0 Å². The van der Waals surface area contributed by atoms with Gasteiger partial charge in [-0.25, -0.2) is 4.68 Å². The van der Waals surface area contributed by atoms with Crippen LogP contribution < -0.4 is 0 Å². The van der Waals surface area contributed by atoms with Gasteiger partial charge in [-0.2, -0.15) is 0 Å². The first-order valence-electron chi connectivity index (χ1n) is 3.53. The van der Waals surface area contributed by atoms with Gasteiger partial charge in [0.1, 0.15) is 6.33 Å². The van der Waals surface area contributed by atoms with E-state index >= 15 is 0 Å². The number of hydrogen-bond donors (Lipinski definition) is 0. The largest absolute Gasteiger partial charge is 0.469 e. The van der Waals surface area contributed by atoms with Crippen molar-refractivity contribution < 1.29 is 9.53 Å². The molecule has 0 N–H and O–H groups in total. The molecule has 0 aliphatic carbocycles. The molecule has 0 spiro atoms. The summed E-state index contributed by atoms with van der Waals surface area (Å²) in [6, 6.07) is -0.0625. The van der Waals surface area contributed by atoms with Gasteiger partial charge in [-0.15, -0.1) is 5.10 Å². The maximum absolute atomic E-state index is 10.8. The topological polar surface area (TPSA) is 69.9 Å². The van der Waals surface area contributed by atoms with Crippen LogP contribution in [0.25, 0.3) is 0 Å². The number of methoxy groups -OCH3 is 1. The summed E-state index contributed by atoms with van der Waals surface area (Å²) in [7, 11) is 1.36. The van der Waals surface area contributed by atoms with Gasteiger partial charge in [0.25, 0.3) is 0 Å². The van der Waals surface area contributed by atoms with Crippen LogP contribution in [-0.2, 0) is 9.53 Å². The molecule has 0 amide bonds. The highest BCUT2D eigenvalue weighted by Gasteiger charge is 2.11. The van der Waals surface area contributed by atoms with Crippen LogP contribution in [0.5, 0.6) is 0 Å². The molecule has 0 aromatic carbocycles. The highest BCUT2D eigenvalue weighted by molar-refractivity contribution is 5.69. The molecule has 1 aromatic heterocycles. The van der Waals surface area contributed by atoms with Gasteiger partial charge in [0.15, 0.2) is 0 Å². The Labute approximate surface area is 69.5 Å². The molecule has 1 heterocycles. The quantitative estimate of drug-likeness (QED) is 0.587. The summed E-state index contributed by atoms with van der Waals surface area (Å²) in [6.07, 6.45) is 1.75. The average Bonchev–Trinajstić information content (AvgIpc) is 2.56. The van der Waals surface area contributed by atoms with E-state index in [1.807, 2.05) is 6.92 Å². The lowest BCUT2D eigenvalue weighted by Crippen LogP contribution is -2.12. The highest BCUT2D eigenvalue weighted by Crippen LogP contribution is 2.07.